The summed E-state index contributed by atoms with van der Waals surface area (Å²) in [6.45, 7) is 7.59. The Labute approximate surface area is 143 Å². The SMILES string of the molecule is CC[C@@H](C)N(Cc1ccc(OS(=O)(=O)CC)cc1)C(=O)[C@@H](C)Cl. The molecule has 0 aromatic heterocycles. The highest BCUT2D eigenvalue weighted by Crippen LogP contribution is 2.18. The first-order valence-electron chi connectivity index (χ1n) is 7.65. The van der Waals surface area contributed by atoms with Crippen molar-refractivity contribution in [2.24, 2.45) is 0 Å². The lowest BCUT2D eigenvalue weighted by molar-refractivity contribution is -0.133. The van der Waals surface area contributed by atoms with E-state index in [0.29, 0.717) is 6.54 Å². The van der Waals surface area contributed by atoms with E-state index in [-0.39, 0.29) is 23.5 Å². The maximum atomic E-state index is 12.2. The monoisotopic (exact) mass is 361 g/mol. The Hall–Kier alpha value is -1.27. The van der Waals surface area contributed by atoms with Crippen molar-refractivity contribution in [3.8, 4) is 5.75 Å². The third-order valence-corrected chi connectivity index (χ3v) is 4.94. The molecule has 0 heterocycles. The largest absolute Gasteiger partial charge is 0.382 e. The normalized spacial score (nSPS) is 14.1. The predicted octanol–water partition coefficient (Wildman–Crippen LogP) is 3.17. The van der Waals surface area contributed by atoms with E-state index in [1.807, 2.05) is 13.8 Å². The topological polar surface area (TPSA) is 63.7 Å². The first-order chi connectivity index (χ1) is 10.7. The minimum atomic E-state index is -3.53. The first kappa shape index (κ1) is 19.8. The van der Waals surface area contributed by atoms with Crippen molar-refractivity contribution in [2.45, 2.75) is 52.1 Å². The summed E-state index contributed by atoms with van der Waals surface area (Å²) < 4.78 is 27.8. The molecular formula is C16H24ClNO4S. The third kappa shape index (κ3) is 6.03. The maximum absolute atomic E-state index is 12.2. The highest BCUT2D eigenvalue weighted by atomic mass is 35.5. The maximum Gasteiger partial charge on any atom is 0.308 e. The fourth-order valence-electron chi connectivity index (χ4n) is 1.95. The van der Waals surface area contributed by atoms with Gasteiger partial charge in [-0.05, 0) is 44.9 Å². The van der Waals surface area contributed by atoms with Gasteiger partial charge < -0.3 is 9.08 Å². The summed E-state index contributed by atoms with van der Waals surface area (Å²) in [5, 5.41) is -0.582. The average Bonchev–Trinajstić information content (AvgIpc) is 2.52. The Morgan fingerprint density at radius 1 is 1.22 bits per heavy atom. The van der Waals surface area contributed by atoms with Crippen LogP contribution in [0.5, 0.6) is 5.75 Å². The number of benzene rings is 1. The lowest BCUT2D eigenvalue weighted by atomic mass is 10.1. The summed E-state index contributed by atoms with van der Waals surface area (Å²) in [4.78, 5) is 14.0. The van der Waals surface area contributed by atoms with Crippen LogP contribution in [0.15, 0.2) is 24.3 Å². The number of nitrogens with zero attached hydrogens (tertiary/aromatic N) is 1. The highest BCUT2D eigenvalue weighted by molar-refractivity contribution is 7.87. The summed E-state index contributed by atoms with van der Waals surface area (Å²) in [6.07, 6.45) is 0.825. The predicted molar refractivity (Wildman–Crippen MR) is 92.1 cm³/mol. The van der Waals surface area contributed by atoms with Crippen molar-refractivity contribution < 1.29 is 17.4 Å². The van der Waals surface area contributed by atoms with Gasteiger partial charge in [-0.2, -0.15) is 8.42 Å². The molecule has 130 valence electrons. The molecule has 5 nitrogen and oxygen atoms in total. The Bertz CT molecular complexity index is 613. The van der Waals surface area contributed by atoms with Gasteiger partial charge in [-0.3, -0.25) is 4.79 Å². The summed E-state index contributed by atoms with van der Waals surface area (Å²) in [5.74, 6) is 0.0659. The lowest BCUT2D eigenvalue weighted by Gasteiger charge is -2.29. The number of amides is 1. The number of rotatable bonds is 8. The summed E-state index contributed by atoms with van der Waals surface area (Å²) in [6, 6.07) is 6.75. The highest BCUT2D eigenvalue weighted by Gasteiger charge is 2.23. The second-order valence-electron chi connectivity index (χ2n) is 5.41. The second kappa shape index (κ2) is 8.55. The van der Waals surface area contributed by atoms with Gasteiger partial charge in [0.15, 0.2) is 0 Å². The minimum absolute atomic E-state index is 0.0695. The molecular weight excluding hydrogens is 338 g/mol. The Kier molecular flexibility index (Phi) is 7.35. The van der Waals surface area contributed by atoms with Crippen molar-refractivity contribution in [1.82, 2.24) is 4.90 Å². The Balaban J connectivity index is 2.88. The van der Waals surface area contributed by atoms with E-state index in [0.717, 1.165) is 12.0 Å². The summed E-state index contributed by atoms with van der Waals surface area (Å²) >= 11 is 5.93. The van der Waals surface area contributed by atoms with Crippen LogP contribution in [0.1, 0.15) is 39.7 Å². The standard InChI is InChI=1S/C16H24ClNO4S/c1-5-12(3)18(16(19)13(4)17)11-14-7-9-15(10-8-14)22-23(20,21)6-2/h7-10,12-13H,5-6,11H2,1-4H3/t12-,13-/m1/s1. The molecule has 0 bridgehead atoms. The van der Waals surface area contributed by atoms with Gasteiger partial charge in [-0.1, -0.05) is 19.1 Å². The van der Waals surface area contributed by atoms with E-state index in [1.54, 1.807) is 36.1 Å². The number of hydrogen-bond donors (Lipinski definition) is 0. The number of halogens is 1. The third-order valence-electron chi connectivity index (χ3n) is 3.60. The van der Waals surface area contributed by atoms with E-state index < -0.39 is 15.5 Å². The zero-order chi connectivity index (χ0) is 17.6. The fourth-order valence-corrected chi connectivity index (χ4v) is 2.60. The molecule has 0 aliphatic rings. The average molecular weight is 362 g/mol. The van der Waals surface area contributed by atoms with E-state index in [4.69, 9.17) is 15.8 Å². The van der Waals surface area contributed by atoms with Gasteiger partial charge in [0.2, 0.25) is 5.91 Å². The fraction of sp³-hybridized carbons (Fsp3) is 0.562. The van der Waals surface area contributed by atoms with Crippen molar-refractivity contribution in [1.29, 1.82) is 0 Å². The molecule has 1 amide bonds. The zero-order valence-electron chi connectivity index (χ0n) is 14.0. The van der Waals surface area contributed by atoms with Crippen LogP contribution < -0.4 is 4.18 Å². The molecule has 1 rings (SSSR count). The van der Waals surface area contributed by atoms with E-state index in [9.17, 15) is 13.2 Å². The second-order valence-corrected chi connectivity index (χ2v) is 7.93. The Morgan fingerprint density at radius 2 is 1.78 bits per heavy atom. The molecule has 0 fully saturated rings. The van der Waals surface area contributed by atoms with Crippen LogP contribution in [0.2, 0.25) is 0 Å². The molecule has 7 heteroatoms. The van der Waals surface area contributed by atoms with Gasteiger partial charge in [0.1, 0.15) is 11.1 Å². The minimum Gasteiger partial charge on any atom is -0.382 e. The molecule has 0 aliphatic carbocycles. The Morgan fingerprint density at radius 3 is 2.22 bits per heavy atom. The van der Waals surface area contributed by atoms with E-state index in [2.05, 4.69) is 0 Å². The van der Waals surface area contributed by atoms with Crippen LogP contribution in [-0.2, 0) is 21.5 Å². The van der Waals surface area contributed by atoms with E-state index >= 15 is 0 Å². The van der Waals surface area contributed by atoms with Crippen molar-refractivity contribution in [3.63, 3.8) is 0 Å². The molecule has 0 N–H and O–H groups in total. The van der Waals surface area contributed by atoms with Crippen LogP contribution in [0.4, 0.5) is 0 Å². The van der Waals surface area contributed by atoms with Crippen LogP contribution in [0.3, 0.4) is 0 Å². The molecule has 0 aliphatic heterocycles. The van der Waals surface area contributed by atoms with Crippen LogP contribution in [0.25, 0.3) is 0 Å². The molecule has 0 saturated heterocycles. The molecule has 0 saturated carbocycles. The van der Waals surface area contributed by atoms with Gasteiger partial charge in [0, 0.05) is 12.6 Å². The van der Waals surface area contributed by atoms with Crippen LogP contribution in [0, 0.1) is 0 Å². The molecule has 23 heavy (non-hydrogen) atoms. The molecule has 0 spiro atoms. The number of carbonyl (C=O) groups excluding carboxylic acids is 1. The molecule has 1 aromatic carbocycles. The first-order valence-corrected chi connectivity index (χ1v) is 9.67. The number of carbonyl (C=O) groups is 1. The van der Waals surface area contributed by atoms with Crippen molar-refractivity contribution in [3.05, 3.63) is 29.8 Å². The number of hydrogen-bond acceptors (Lipinski definition) is 4. The molecule has 2 atom stereocenters. The smallest absolute Gasteiger partial charge is 0.308 e. The van der Waals surface area contributed by atoms with Gasteiger partial charge in [-0.25, -0.2) is 0 Å². The van der Waals surface area contributed by atoms with Crippen molar-refractivity contribution in [2.75, 3.05) is 5.75 Å². The molecule has 0 unspecified atom stereocenters. The molecule has 1 aromatic rings. The van der Waals surface area contributed by atoms with Crippen molar-refractivity contribution >= 4 is 27.6 Å². The van der Waals surface area contributed by atoms with E-state index in [1.165, 1.54) is 6.92 Å². The molecule has 0 radical (unpaired) electrons. The van der Waals surface area contributed by atoms with Crippen LogP contribution in [-0.4, -0.2) is 36.4 Å². The lowest BCUT2D eigenvalue weighted by Crippen LogP contribution is -2.41. The van der Waals surface area contributed by atoms with Gasteiger partial charge >= 0.3 is 10.1 Å². The van der Waals surface area contributed by atoms with Gasteiger partial charge in [0.25, 0.3) is 0 Å². The zero-order valence-corrected chi connectivity index (χ0v) is 15.5. The summed E-state index contributed by atoms with van der Waals surface area (Å²) in [5.41, 5.74) is 0.886. The van der Waals surface area contributed by atoms with Crippen LogP contribution >= 0.6 is 11.6 Å². The van der Waals surface area contributed by atoms with Gasteiger partial charge in [-0.15, -0.1) is 11.6 Å². The quantitative estimate of drug-likeness (QED) is 0.527. The van der Waals surface area contributed by atoms with Gasteiger partial charge in [0.05, 0.1) is 5.75 Å². The number of alkyl halides is 1. The summed E-state index contributed by atoms with van der Waals surface area (Å²) in [7, 11) is -3.53.